The highest BCUT2D eigenvalue weighted by molar-refractivity contribution is 5.07. The smallest absolute Gasteiger partial charge is 0.0245 e. The van der Waals surface area contributed by atoms with Gasteiger partial charge in [0.1, 0.15) is 0 Å². The van der Waals surface area contributed by atoms with Gasteiger partial charge in [0, 0.05) is 25.5 Å². The van der Waals surface area contributed by atoms with Gasteiger partial charge in [0.05, 0.1) is 0 Å². The third-order valence-corrected chi connectivity index (χ3v) is 2.91. The van der Waals surface area contributed by atoms with E-state index in [4.69, 9.17) is 5.73 Å². The van der Waals surface area contributed by atoms with Crippen LogP contribution in [-0.2, 0) is 6.54 Å². The number of aromatic nitrogens is 1. The number of rotatable bonds is 6. The van der Waals surface area contributed by atoms with E-state index in [2.05, 4.69) is 36.8 Å². The number of H-pyrrole nitrogens is 1. The van der Waals surface area contributed by atoms with Crippen LogP contribution in [0.25, 0.3) is 0 Å². The van der Waals surface area contributed by atoms with Gasteiger partial charge in [-0.2, -0.15) is 0 Å². The van der Waals surface area contributed by atoms with Gasteiger partial charge < -0.3 is 15.6 Å². The van der Waals surface area contributed by atoms with Gasteiger partial charge in [-0.25, -0.2) is 0 Å². The van der Waals surface area contributed by atoms with Crippen LogP contribution < -0.4 is 5.73 Å². The van der Waals surface area contributed by atoms with Crippen molar-refractivity contribution >= 4 is 0 Å². The van der Waals surface area contributed by atoms with E-state index in [1.54, 1.807) is 0 Å². The van der Waals surface area contributed by atoms with Crippen molar-refractivity contribution in [3.05, 3.63) is 24.0 Å². The zero-order valence-electron chi connectivity index (χ0n) is 10.0. The summed E-state index contributed by atoms with van der Waals surface area (Å²) in [5.74, 6) is 1.25. The fraction of sp³-hybridized carbons (Fsp3) is 0.667. The van der Waals surface area contributed by atoms with E-state index in [1.165, 1.54) is 5.56 Å². The van der Waals surface area contributed by atoms with Crippen molar-refractivity contribution in [3.8, 4) is 0 Å². The van der Waals surface area contributed by atoms with Gasteiger partial charge >= 0.3 is 0 Å². The SMILES string of the molecule is CC(C)C(CN)CN(C)Cc1cc[nH]c1. The fourth-order valence-electron chi connectivity index (χ4n) is 1.79. The lowest BCUT2D eigenvalue weighted by molar-refractivity contribution is 0.234. The number of hydrogen-bond acceptors (Lipinski definition) is 2. The maximum Gasteiger partial charge on any atom is 0.0245 e. The lowest BCUT2D eigenvalue weighted by Gasteiger charge is -2.25. The zero-order valence-corrected chi connectivity index (χ0v) is 10.0. The van der Waals surface area contributed by atoms with Gasteiger partial charge in [-0.1, -0.05) is 13.8 Å². The lowest BCUT2D eigenvalue weighted by atomic mass is 9.95. The highest BCUT2D eigenvalue weighted by Gasteiger charge is 2.13. The second kappa shape index (κ2) is 5.93. The Kier molecular flexibility index (Phi) is 4.85. The number of hydrogen-bond donors (Lipinski definition) is 2. The highest BCUT2D eigenvalue weighted by atomic mass is 15.1. The largest absolute Gasteiger partial charge is 0.367 e. The van der Waals surface area contributed by atoms with Crippen LogP contribution in [0.2, 0.25) is 0 Å². The van der Waals surface area contributed by atoms with Crippen LogP contribution in [0.15, 0.2) is 18.5 Å². The van der Waals surface area contributed by atoms with E-state index >= 15 is 0 Å². The summed E-state index contributed by atoms with van der Waals surface area (Å²) < 4.78 is 0. The molecule has 0 bridgehead atoms. The van der Waals surface area contributed by atoms with Crippen molar-refractivity contribution in [2.24, 2.45) is 17.6 Å². The van der Waals surface area contributed by atoms with Crippen LogP contribution in [-0.4, -0.2) is 30.0 Å². The van der Waals surface area contributed by atoms with E-state index < -0.39 is 0 Å². The molecule has 0 aromatic carbocycles. The lowest BCUT2D eigenvalue weighted by Crippen LogP contribution is -2.32. The van der Waals surface area contributed by atoms with Crippen molar-refractivity contribution in [3.63, 3.8) is 0 Å². The fourth-order valence-corrected chi connectivity index (χ4v) is 1.79. The van der Waals surface area contributed by atoms with Crippen LogP contribution >= 0.6 is 0 Å². The molecule has 0 aliphatic rings. The Hall–Kier alpha value is -0.800. The highest BCUT2D eigenvalue weighted by Crippen LogP contribution is 2.12. The number of aromatic amines is 1. The van der Waals surface area contributed by atoms with E-state index in [0.29, 0.717) is 11.8 Å². The Morgan fingerprint density at radius 2 is 2.20 bits per heavy atom. The molecule has 0 radical (unpaired) electrons. The zero-order chi connectivity index (χ0) is 11.3. The minimum atomic E-state index is 0.592. The molecule has 0 saturated heterocycles. The molecule has 0 aliphatic carbocycles. The number of nitrogens with one attached hydrogen (secondary N) is 1. The average molecular weight is 209 g/mol. The second-order valence-corrected chi connectivity index (χ2v) is 4.66. The first kappa shape index (κ1) is 12.3. The first-order valence-corrected chi connectivity index (χ1v) is 5.63. The van der Waals surface area contributed by atoms with Gasteiger partial charge in [-0.15, -0.1) is 0 Å². The monoisotopic (exact) mass is 209 g/mol. The molecule has 0 amide bonds. The predicted octanol–water partition coefficient (Wildman–Crippen LogP) is 1.68. The maximum absolute atomic E-state index is 5.76. The molecule has 15 heavy (non-hydrogen) atoms. The summed E-state index contributed by atoms with van der Waals surface area (Å²) in [6.07, 6.45) is 4.01. The van der Waals surface area contributed by atoms with E-state index in [0.717, 1.165) is 19.6 Å². The van der Waals surface area contributed by atoms with Crippen molar-refractivity contribution in [1.82, 2.24) is 9.88 Å². The Morgan fingerprint density at radius 3 is 2.67 bits per heavy atom. The van der Waals surface area contributed by atoms with Crippen LogP contribution in [0.5, 0.6) is 0 Å². The minimum Gasteiger partial charge on any atom is -0.367 e. The van der Waals surface area contributed by atoms with E-state index in [-0.39, 0.29) is 0 Å². The third-order valence-electron chi connectivity index (χ3n) is 2.91. The second-order valence-electron chi connectivity index (χ2n) is 4.66. The quantitative estimate of drug-likeness (QED) is 0.748. The molecule has 1 aromatic rings. The predicted molar refractivity (Wildman–Crippen MR) is 64.5 cm³/mol. The molecule has 1 atom stereocenters. The molecule has 3 heteroatoms. The summed E-state index contributed by atoms with van der Waals surface area (Å²) in [6.45, 7) is 7.31. The maximum atomic E-state index is 5.76. The Labute approximate surface area is 92.7 Å². The van der Waals surface area contributed by atoms with Crippen LogP contribution in [0.1, 0.15) is 19.4 Å². The van der Waals surface area contributed by atoms with Crippen molar-refractivity contribution < 1.29 is 0 Å². The molecule has 0 saturated carbocycles. The number of nitrogens with two attached hydrogens (primary N) is 1. The van der Waals surface area contributed by atoms with Crippen molar-refractivity contribution in [1.29, 1.82) is 0 Å². The van der Waals surface area contributed by atoms with Crippen molar-refractivity contribution in [2.45, 2.75) is 20.4 Å². The Balaban J connectivity index is 2.37. The summed E-state index contributed by atoms with van der Waals surface area (Å²) in [5, 5.41) is 0. The molecular weight excluding hydrogens is 186 g/mol. The molecule has 1 rings (SSSR count). The molecular formula is C12H23N3. The standard InChI is InChI=1S/C12H23N3/c1-10(2)12(6-13)9-15(3)8-11-4-5-14-7-11/h4-5,7,10,12,14H,6,8-9,13H2,1-3H3. The van der Waals surface area contributed by atoms with E-state index in [1.807, 2.05) is 12.4 Å². The van der Waals surface area contributed by atoms with Crippen LogP contribution in [0, 0.1) is 11.8 Å². The van der Waals surface area contributed by atoms with Gasteiger partial charge in [0.15, 0.2) is 0 Å². The first-order chi connectivity index (χ1) is 7.13. The molecule has 1 heterocycles. The molecule has 0 aliphatic heterocycles. The molecule has 0 fully saturated rings. The van der Waals surface area contributed by atoms with Crippen LogP contribution in [0.4, 0.5) is 0 Å². The number of nitrogens with zero attached hydrogens (tertiary/aromatic N) is 1. The van der Waals surface area contributed by atoms with Gasteiger partial charge in [-0.05, 0) is 37.1 Å². The average Bonchev–Trinajstić information content (AvgIpc) is 2.66. The molecule has 86 valence electrons. The minimum absolute atomic E-state index is 0.592. The summed E-state index contributed by atoms with van der Waals surface area (Å²) >= 11 is 0. The summed E-state index contributed by atoms with van der Waals surface area (Å²) in [6, 6.07) is 2.11. The molecule has 1 aromatic heterocycles. The van der Waals surface area contributed by atoms with E-state index in [9.17, 15) is 0 Å². The summed E-state index contributed by atoms with van der Waals surface area (Å²) in [4.78, 5) is 5.41. The molecule has 3 nitrogen and oxygen atoms in total. The Bertz CT molecular complexity index is 254. The van der Waals surface area contributed by atoms with Crippen molar-refractivity contribution in [2.75, 3.05) is 20.1 Å². The first-order valence-electron chi connectivity index (χ1n) is 5.63. The Morgan fingerprint density at radius 1 is 1.47 bits per heavy atom. The summed E-state index contributed by atoms with van der Waals surface area (Å²) in [7, 11) is 2.15. The third kappa shape index (κ3) is 4.06. The normalized spacial score (nSPS) is 13.7. The summed E-state index contributed by atoms with van der Waals surface area (Å²) in [5.41, 5.74) is 7.09. The van der Waals surface area contributed by atoms with Gasteiger partial charge in [-0.3, -0.25) is 0 Å². The molecule has 3 N–H and O–H groups in total. The van der Waals surface area contributed by atoms with Crippen LogP contribution in [0.3, 0.4) is 0 Å². The molecule has 1 unspecified atom stereocenters. The van der Waals surface area contributed by atoms with Gasteiger partial charge in [0.25, 0.3) is 0 Å². The molecule has 0 spiro atoms. The topological polar surface area (TPSA) is 45.0 Å². The van der Waals surface area contributed by atoms with Gasteiger partial charge in [0.2, 0.25) is 0 Å².